The minimum Gasteiger partial charge on any atom is -0.480 e. The molecule has 0 bridgehead atoms. The second-order valence-corrected chi connectivity index (χ2v) is 5.77. The number of aliphatic carboxylic acids is 1. The number of likely N-dealkylation sites (tertiary alicyclic amines) is 1. The number of pyridine rings is 1. The van der Waals surface area contributed by atoms with Gasteiger partial charge in [-0.1, -0.05) is 12.8 Å². The smallest absolute Gasteiger partial charge is 0.326 e. The summed E-state index contributed by atoms with van der Waals surface area (Å²) >= 11 is 0. The van der Waals surface area contributed by atoms with Gasteiger partial charge in [-0.2, -0.15) is 0 Å². The molecule has 5 nitrogen and oxygen atoms in total. The molecule has 3 atom stereocenters. The zero-order valence-corrected chi connectivity index (χ0v) is 11.5. The van der Waals surface area contributed by atoms with Crippen LogP contribution in [0.3, 0.4) is 0 Å². The van der Waals surface area contributed by atoms with E-state index >= 15 is 0 Å². The van der Waals surface area contributed by atoms with Gasteiger partial charge in [-0.25, -0.2) is 9.18 Å². The average Bonchev–Trinajstić information content (AvgIpc) is 2.86. The van der Waals surface area contributed by atoms with Gasteiger partial charge in [-0.3, -0.25) is 9.78 Å². The Bertz CT molecular complexity index is 578. The van der Waals surface area contributed by atoms with Crippen LogP contribution in [-0.4, -0.2) is 39.0 Å². The third kappa shape index (κ3) is 2.39. The first kappa shape index (κ1) is 14.0. The van der Waals surface area contributed by atoms with Crippen molar-refractivity contribution in [3.8, 4) is 0 Å². The topological polar surface area (TPSA) is 70.5 Å². The second-order valence-electron chi connectivity index (χ2n) is 5.77. The molecule has 1 aliphatic heterocycles. The van der Waals surface area contributed by atoms with Crippen LogP contribution in [0.15, 0.2) is 18.5 Å². The maximum absolute atomic E-state index is 13.8. The molecule has 2 fully saturated rings. The van der Waals surface area contributed by atoms with Gasteiger partial charge < -0.3 is 10.0 Å². The highest BCUT2D eigenvalue weighted by atomic mass is 19.1. The fraction of sp³-hybridized carbons (Fsp3) is 0.533. The van der Waals surface area contributed by atoms with Crippen molar-refractivity contribution in [3.05, 3.63) is 29.8 Å². The van der Waals surface area contributed by atoms with E-state index in [1.54, 1.807) is 0 Å². The van der Waals surface area contributed by atoms with Gasteiger partial charge in [0.2, 0.25) is 0 Å². The number of carboxylic acid groups (broad SMARTS) is 1. The third-order valence-electron chi connectivity index (χ3n) is 4.61. The van der Waals surface area contributed by atoms with Gasteiger partial charge in [-0.15, -0.1) is 0 Å². The quantitative estimate of drug-likeness (QED) is 0.906. The molecule has 6 heteroatoms. The van der Waals surface area contributed by atoms with E-state index < -0.39 is 23.7 Å². The normalized spacial score (nSPS) is 28.2. The zero-order valence-electron chi connectivity index (χ0n) is 11.5. The average molecular weight is 292 g/mol. The molecule has 3 rings (SSSR count). The van der Waals surface area contributed by atoms with Crippen molar-refractivity contribution in [1.82, 2.24) is 9.88 Å². The Hall–Kier alpha value is -1.98. The molecule has 1 N–H and O–H groups in total. The van der Waals surface area contributed by atoms with Crippen LogP contribution in [-0.2, 0) is 4.79 Å². The molecule has 2 aliphatic rings. The fourth-order valence-electron chi connectivity index (χ4n) is 3.66. The molecular formula is C15H17FN2O3. The van der Waals surface area contributed by atoms with E-state index in [4.69, 9.17) is 0 Å². The number of amides is 1. The Balaban J connectivity index is 1.95. The van der Waals surface area contributed by atoms with E-state index in [0.717, 1.165) is 31.9 Å². The second kappa shape index (κ2) is 5.42. The van der Waals surface area contributed by atoms with E-state index in [2.05, 4.69) is 4.98 Å². The van der Waals surface area contributed by atoms with E-state index in [-0.39, 0.29) is 17.5 Å². The Morgan fingerprint density at radius 3 is 2.81 bits per heavy atom. The first-order valence-electron chi connectivity index (χ1n) is 7.24. The summed E-state index contributed by atoms with van der Waals surface area (Å²) in [5.74, 6) is -2.02. The summed E-state index contributed by atoms with van der Waals surface area (Å²) in [6.45, 7) is 0. The molecular weight excluding hydrogens is 275 g/mol. The summed E-state index contributed by atoms with van der Waals surface area (Å²) in [5, 5.41) is 9.40. The van der Waals surface area contributed by atoms with Gasteiger partial charge in [0.05, 0.1) is 11.8 Å². The van der Waals surface area contributed by atoms with Gasteiger partial charge in [0, 0.05) is 12.2 Å². The predicted molar refractivity (Wildman–Crippen MR) is 72.2 cm³/mol. The van der Waals surface area contributed by atoms with Crippen molar-refractivity contribution in [2.24, 2.45) is 5.92 Å². The molecule has 0 unspecified atom stereocenters. The molecule has 0 aromatic carbocycles. The lowest BCUT2D eigenvalue weighted by molar-refractivity contribution is -0.141. The van der Waals surface area contributed by atoms with Gasteiger partial charge in [-0.05, 0) is 31.2 Å². The largest absolute Gasteiger partial charge is 0.480 e. The Kier molecular flexibility index (Phi) is 3.61. The van der Waals surface area contributed by atoms with Gasteiger partial charge in [0.25, 0.3) is 5.91 Å². The number of carbonyl (C=O) groups is 2. The van der Waals surface area contributed by atoms with Gasteiger partial charge in [0.15, 0.2) is 5.82 Å². The molecule has 1 saturated heterocycles. The summed E-state index contributed by atoms with van der Waals surface area (Å²) in [7, 11) is 0. The first-order valence-corrected chi connectivity index (χ1v) is 7.24. The maximum atomic E-state index is 13.8. The molecule has 1 saturated carbocycles. The molecule has 1 amide bonds. The standard InChI is InChI=1S/C15H17FN2O3/c16-11-8-17-6-5-10(11)14(19)18-12-4-2-1-3-9(12)7-13(18)15(20)21/h5-6,8-9,12-13H,1-4,7H2,(H,20,21)/t9-,12-,13-/m0/s1. The Morgan fingerprint density at radius 2 is 2.10 bits per heavy atom. The molecule has 0 spiro atoms. The van der Waals surface area contributed by atoms with Crippen LogP contribution in [0.1, 0.15) is 42.5 Å². The SMILES string of the molecule is O=C(O)[C@@H]1C[C@@H]2CCCC[C@@H]2N1C(=O)c1ccncc1F. The molecule has 112 valence electrons. The number of rotatable bonds is 2. The molecule has 0 radical (unpaired) electrons. The number of hydrogen-bond donors (Lipinski definition) is 1. The lowest BCUT2D eigenvalue weighted by atomic mass is 9.84. The van der Waals surface area contributed by atoms with E-state index in [1.807, 2.05) is 0 Å². The number of fused-ring (bicyclic) bond motifs is 1. The molecule has 1 aliphatic carbocycles. The monoisotopic (exact) mass is 292 g/mol. The Morgan fingerprint density at radius 1 is 1.33 bits per heavy atom. The lowest BCUT2D eigenvalue weighted by Gasteiger charge is -2.33. The van der Waals surface area contributed by atoms with Crippen molar-refractivity contribution in [3.63, 3.8) is 0 Å². The Labute approximate surface area is 121 Å². The van der Waals surface area contributed by atoms with Crippen LogP contribution >= 0.6 is 0 Å². The van der Waals surface area contributed by atoms with E-state index in [0.29, 0.717) is 6.42 Å². The summed E-state index contributed by atoms with van der Waals surface area (Å²) in [6, 6.07) is 0.380. The molecule has 21 heavy (non-hydrogen) atoms. The highest BCUT2D eigenvalue weighted by molar-refractivity contribution is 5.97. The molecule has 1 aromatic rings. The van der Waals surface area contributed by atoms with Crippen LogP contribution in [0.25, 0.3) is 0 Å². The summed E-state index contributed by atoms with van der Waals surface area (Å²) in [6.07, 6.45) is 6.59. The van der Waals surface area contributed by atoms with E-state index in [9.17, 15) is 19.1 Å². The maximum Gasteiger partial charge on any atom is 0.326 e. The van der Waals surface area contributed by atoms with Crippen molar-refractivity contribution in [2.75, 3.05) is 0 Å². The number of halogens is 1. The van der Waals surface area contributed by atoms with Crippen molar-refractivity contribution >= 4 is 11.9 Å². The highest BCUT2D eigenvalue weighted by Gasteiger charge is 2.48. The number of carboxylic acids is 1. The third-order valence-corrected chi connectivity index (χ3v) is 4.61. The first-order chi connectivity index (χ1) is 10.1. The molecule has 1 aromatic heterocycles. The predicted octanol–water partition coefficient (Wildman–Crippen LogP) is 2.08. The van der Waals surface area contributed by atoms with Gasteiger partial charge >= 0.3 is 5.97 Å². The van der Waals surface area contributed by atoms with Crippen LogP contribution in [0.5, 0.6) is 0 Å². The number of aromatic nitrogens is 1. The van der Waals surface area contributed by atoms with Crippen molar-refractivity contribution in [2.45, 2.75) is 44.2 Å². The minimum absolute atomic E-state index is 0.0834. The van der Waals surface area contributed by atoms with Crippen LogP contribution in [0.2, 0.25) is 0 Å². The summed E-state index contributed by atoms with van der Waals surface area (Å²) < 4.78 is 13.8. The number of hydrogen-bond acceptors (Lipinski definition) is 3. The number of nitrogens with zero attached hydrogens (tertiary/aromatic N) is 2. The molecule has 2 heterocycles. The zero-order chi connectivity index (χ0) is 15.0. The van der Waals surface area contributed by atoms with E-state index in [1.165, 1.54) is 17.2 Å². The summed E-state index contributed by atoms with van der Waals surface area (Å²) in [5.41, 5.74) is -0.0949. The highest BCUT2D eigenvalue weighted by Crippen LogP contribution is 2.40. The van der Waals surface area contributed by atoms with Gasteiger partial charge in [0.1, 0.15) is 6.04 Å². The van der Waals surface area contributed by atoms with Crippen LogP contribution < -0.4 is 0 Å². The minimum atomic E-state index is -1.01. The van der Waals surface area contributed by atoms with Crippen molar-refractivity contribution in [1.29, 1.82) is 0 Å². The fourth-order valence-corrected chi connectivity index (χ4v) is 3.66. The van der Waals surface area contributed by atoms with Crippen LogP contribution in [0, 0.1) is 11.7 Å². The number of carbonyl (C=O) groups excluding carboxylic acids is 1. The summed E-state index contributed by atoms with van der Waals surface area (Å²) in [4.78, 5) is 29.1. The lowest BCUT2D eigenvalue weighted by Crippen LogP contribution is -2.46. The van der Waals surface area contributed by atoms with Crippen LogP contribution in [0.4, 0.5) is 4.39 Å². The van der Waals surface area contributed by atoms with Crippen molar-refractivity contribution < 1.29 is 19.1 Å².